The van der Waals surface area contributed by atoms with E-state index in [1.54, 1.807) is 12.1 Å². The normalized spacial score (nSPS) is 17.0. The van der Waals surface area contributed by atoms with Crippen LogP contribution < -0.4 is 5.43 Å². The predicted molar refractivity (Wildman–Crippen MR) is 82.0 cm³/mol. The Bertz CT molecular complexity index is 767. The largest absolute Gasteiger partial charge is 0.454 e. The minimum absolute atomic E-state index is 0.0606. The lowest BCUT2D eigenvalue weighted by Gasteiger charge is -2.08. The van der Waals surface area contributed by atoms with E-state index in [1.807, 2.05) is 0 Å². The molecule has 0 saturated heterocycles. The molecule has 8 heteroatoms. The number of halogens is 1. The number of non-ortho nitro benzene ring substituents is 1. The Kier molecular flexibility index (Phi) is 3.76. The highest BCUT2D eigenvalue weighted by Gasteiger charge is 2.31. The number of Topliss-reactive ketones (excluding diaryl/α,β-unsaturated/α-hetero) is 1. The van der Waals surface area contributed by atoms with E-state index in [4.69, 9.17) is 4.42 Å². The number of hydrazone groups is 1. The molecule has 1 aromatic heterocycles. The zero-order chi connectivity index (χ0) is 15.7. The van der Waals surface area contributed by atoms with Crippen LogP contribution in [0.3, 0.4) is 0 Å². The second-order valence-electron chi connectivity index (χ2n) is 4.69. The summed E-state index contributed by atoms with van der Waals surface area (Å²) in [5.41, 5.74) is 3.41. The maximum absolute atomic E-state index is 12.5. The average Bonchev–Trinajstić information content (AvgIpc) is 3.15. The van der Waals surface area contributed by atoms with E-state index in [1.165, 1.54) is 24.3 Å². The zero-order valence-corrected chi connectivity index (χ0v) is 12.7. The molecule has 3 rings (SSSR count). The highest BCUT2D eigenvalue weighted by molar-refractivity contribution is 9.10. The van der Waals surface area contributed by atoms with Gasteiger partial charge in [0.1, 0.15) is 11.5 Å². The third-order valence-corrected chi connectivity index (χ3v) is 3.76. The Morgan fingerprint density at radius 1 is 1.32 bits per heavy atom. The van der Waals surface area contributed by atoms with Crippen LogP contribution in [0, 0.1) is 10.1 Å². The van der Waals surface area contributed by atoms with Gasteiger partial charge in [-0.25, -0.2) is 0 Å². The van der Waals surface area contributed by atoms with Crippen molar-refractivity contribution < 1.29 is 14.1 Å². The summed E-state index contributed by atoms with van der Waals surface area (Å²) >= 11 is 3.23. The number of carbonyl (C=O) groups is 1. The van der Waals surface area contributed by atoms with Gasteiger partial charge in [0.2, 0.25) is 5.78 Å². The number of furan rings is 1. The minimum Gasteiger partial charge on any atom is -0.454 e. The van der Waals surface area contributed by atoms with Crippen molar-refractivity contribution in [3.05, 3.63) is 62.5 Å². The monoisotopic (exact) mass is 363 g/mol. The molecule has 22 heavy (non-hydrogen) atoms. The number of benzene rings is 1. The van der Waals surface area contributed by atoms with Crippen molar-refractivity contribution in [1.82, 2.24) is 5.43 Å². The van der Waals surface area contributed by atoms with Crippen LogP contribution in [0.4, 0.5) is 5.69 Å². The fraction of sp³-hybridized carbons (Fsp3) is 0.143. The second-order valence-corrected chi connectivity index (χ2v) is 5.47. The molecule has 0 amide bonds. The summed E-state index contributed by atoms with van der Waals surface area (Å²) < 4.78 is 6.07. The summed E-state index contributed by atoms with van der Waals surface area (Å²) in [5, 5.41) is 14.7. The lowest BCUT2D eigenvalue weighted by atomic mass is 9.94. The highest BCUT2D eigenvalue weighted by Crippen LogP contribution is 2.27. The lowest BCUT2D eigenvalue weighted by molar-refractivity contribution is -0.384. The quantitative estimate of drug-likeness (QED) is 0.511. The van der Waals surface area contributed by atoms with Crippen LogP contribution in [0.1, 0.15) is 22.0 Å². The molecule has 1 aliphatic rings. The molecule has 1 aromatic carbocycles. The summed E-state index contributed by atoms with van der Waals surface area (Å²) in [7, 11) is 0. The summed E-state index contributed by atoms with van der Waals surface area (Å²) in [6.07, 6.45) is 0. The van der Waals surface area contributed by atoms with Gasteiger partial charge in [-0.1, -0.05) is 0 Å². The van der Waals surface area contributed by atoms with E-state index in [9.17, 15) is 14.9 Å². The SMILES string of the molecule is O=C(C1=NNCC1c1ccc(Br)o1)c1ccc([N+](=O)[O-])cc1. The fourth-order valence-electron chi connectivity index (χ4n) is 2.24. The molecule has 0 radical (unpaired) electrons. The third-order valence-electron chi connectivity index (χ3n) is 3.34. The average molecular weight is 364 g/mol. The third kappa shape index (κ3) is 2.64. The molecule has 0 saturated carbocycles. The van der Waals surface area contributed by atoms with E-state index in [-0.39, 0.29) is 17.4 Å². The number of nitrogens with one attached hydrogen (secondary N) is 1. The summed E-state index contributed by atoms with van der Waals surface area (Å²) in [4.78, 5) is 22.7. The molecule has 2 heterocycles. The number of carbonyl (C=O) groups excluding carboxylic acids is 1. The summed E-state index contributed by atoms with van der Waals surface area (Å²) in [6.45, 7) is 0.466. The van der Waals surface area contributed by atoms with Crippen LogP contribution in [0.15, 0.2) is 50.6 Å². The first-order valence-corrected chi connectivity index (χ1v) is 7.20. The molecular weight excluding hydrogens is 354 g/mol. The number of nitro benzene ring substituents is 1. The van der Waals surface area contributed by atoms with E-state index in [0.29, 0.717) is 28.2 Å². The molecular formula is C14H10BrN3O4. The molecule has 0 aliphatic carbocycles. The van der Waals surface area contributed by atoms with Gasteiger partial charge in [-0.15, -0.1) is 0 Å². The van der Waals surface area contributed by atoms with Crippen LogP contribution in [0.2, 0.25) is 0 Å². The molecule has 7 nitrogen and oxygen atoms in total. The molecule has 0 bridgehead atoms. The van der Waals surface area contributed by atoms with E-state index in [2.05, 4.69) is 26.5 Å². The maximum Gasteiger partial charge on any atom is 0.269 e. The van der Waals surface area contributed by atoms with Gasteiger partial charge < -0.3 is 9.84 Å². The maximum atomic E-state index is 12.5. The number of rotatable bonds is 4. The Morgan fingerprint density at radius 3 is 2.64 bits per heavy atom. The van der Waals surface area contributed by atoms with Crippen molar-refractivity contribution in [1.29, 1.82) is 0 Å². The van der Waals surface area contributed by atoms with Crippen LogP contribution in [-0.4, -0.2) is 23.0 Å². The molecule has 0 fully saturated rings. The zero-order valence-electron chi connectivity index (χ0n) is 11.2. The van der Waals surface area contributed by atoms with Crippen molar-refractivity contribution in [2.75, 3.05) is 6.54 Å². The van der Waals surface area contributed by atoms with Crippen LogP contribution in [0.5, 0.6) is 0 Å². The fourth-order valence-corrected chi connectivity index (χ4v) is 2.56. The van der Waals surface area contributed by atoms with Crippen LogP contribution in [-0.2, 0) is 0 Å². The first kappa shape index (κ1) is 14.5. The van der Waals surface area contributed by atoms with Gasteiger partial charge in [0.15, 0.2) is 4.67 Å². The number of nitro groups is 1. The van der Waals surface area contributed by atoms with Gasteiger partial charge in [0, 0.05) is 24.2 Å². The van der Waals surface area contributed by atoms with Gasteiger partial charge in [-0.3, -0.25) is 14.9 Å². The van der Waals surface area contributed by atoms with Gasteiger partial charge >= 0.3 is 0 Å². The smallest absolute Gasteiger partial charge is 0.269 e. The van der Waals surface area contributed by atoms with Gasteiger partial charge in [-0.2, -0.15) is 5.10 Å². The van der Waals surface area contributed by atoms with Gasteiger partial charge in [-0.05, 0) is 40.2 Å². The molecule has 2 aromatic rings. The molecule has 0 spiro atoms. The summed E-state index contributed by atoms with van der Waals surface area (Å²) in [6, 6.07) is 8.98. The Hall–Kier alpha value is -2.48. The molecule has 1 unspecified atom stereocenters. The van der Waals surface area contributed by atoms with Crippen LogP contribution in [0.25, 0.3) is 0 Å². The van der Waals surface area contributed by atoms with Crippen molar-refractivity contribution in [2.45, 2.75) is 5.92 Å². The predicted octanol–water partition coefficient (Wildman–Crippen LogP) is 2.88. The van der Waals surface area contributed by atoms with E-state index in [0.717, 1.165) is 0 Å². The lowest BCUT2D eigenvalue weighted by Crippen LogP contribution is -2.21. The van der Waals surface area contributed by atoms with E-state index < -0.39 is 4.92 Å². The number of nitrogens with zero attached hydrogens (tertiary/aromatic N) is 2. The first-order valence-electron chi connectivity index (χ1n) is 6.41. The Balaban J connectivity index is 1.86. The highest BCUT2D eigenvalue weighted by atomic mass is 79.9. The van der Waals surface area contributed by atoms with Gasteiger partial charge in [0.05, 0.1) is 10.8 Å². The standard InChI is InChI=1S/C14H10BrN3O4/c15-12-6-5-11(22-12)10-7-16-17-13(10)14(19)8-1-3-9(4-2-8)18(20)21/h1-6,10,16H,7H2. The molecule has 1 atom stereocenters. The van der Waals surface area contributed by atoms with Crippen LogP contribution >= 0.6 is 15.9 Å². The summed E-state index contributed by atoms with van der Waals surface area (Å²) in [5.74, 6) is 0.0669. The van der Waals surface area contributed by atoms with E-state index >= 15 is 0 Å². The Labute approximate surface area is 133 Å². The molecule has 1 aliphatic heterocycles. The second kappa shape index (κ2) is 5.72. The molecule has 1 N–H and O–H groups in total. The van der Waals surface area contributed by atoms with Crippen molar-refractivity contribution in [2.24, 2.45) is 5.10 Å². The minimum atomic E-state index is -0.508. The van der Waals surface area contributed by atoms with Crippen molar-refractivity contribution in [3.63, 3.8) is 0 Å². The topological polar surface area (TPSA) is 97.7 Å². The number of ketones is 1. The molecule has 112 valence electrons. The number of hydrogen-bond acceptors (Lipinski definition) is 6. The van der Waals surface area contributed by atoms with Crippen molar-refractivity contribution in [3.8, 4) is 0 Å². The van der Waals surface area contributed by atoms with Gasteiger partial charge in [0.25, 0.3) is 5.69 Å². The van der Waals surface area contributed by atoms with Crippen molar-refractivity contribution >= 4 is 33.1 Å². The first-order chi connectivity index (χ1) is 10.6. The number of hydrogen-bond donors (Lipinski definition) is 1. The Morgan fingerprint density at radius 2 is 2.05 bits per heavy atom.